The third-order valence-electron chi connectivity index (χ3n) is 2.96. The molecule has 1 fully saturated rings. The van der Waals surface area contributed by atoms with Crippen LogP contribution in [0.25, 0.3) is 0 Å². The van der Waals surface area contributed by atoms with Gasteiger partial charge in [0, 0.05) is 21.6 Å². The molecule has 100 valence electrons. The van der Waals surface area contributed by atoms with Gasteiger partial charge in [0.05, 0.1) is 11.8 Å². The van der Waals surface area contributed by atoms with E-state index in [1.807, 2.05) is 24.3 Å². The van der Waals surface area contributed by atoms with Gasteiger partial charge in [0.15, 0.2) is 5.82 Å². The van der Waals surface area contributed by atoms with Crippen LogP contribution >= 0.6 is 11.6 Å². The van der Waals surface area contributed by atoms with E-state index >= 15 is 0 Å². The van der Waals surface area contributed by atoms with Crippen LogP contribution in [0, 0.1) is 0 Å². The second-order valence-corrected chi connectivity index (χ2v) is 6.52. The lowest BCUT2D eigenvalue weighted by atomic mass is 10.2. The van der Waals surface area contributed by atoms with Crippen molar-refractivity contribution in [3.63, 3.8) is 0 Å². The smallest absolute Gasteiger partial charge is 0.164 e. The van der Waals surface area contributed by atoms with Gasteiger partial charge in [-0.15, -0.1) is 5.10 Å². The molecule has 19 heavy (non-hydrogen) atoms. The summed E-state index contributed by atoms with van der Waals surface area (Å²) in [6.07, 6.45) is 2.22. The number of tetrazole rings is 1. The average molecular weight is 297 g/mol. The van der Waals surface area contributed by atoms with Gasteiger partial charge in [-0.1, -0.05) is 23.7 Å². The van der Waals surface area contributed by atoms with Crippen molar-refractivity contribution in [2.75, 3.05) is 0 Å². The molecule has 0 spiro atoms. The maximum Gasteiger partial charge on any atom is 0.164 e. The summed E-state index contributed by atoms with van der Waals surface area (Å²) in [5, 5.41) is 12.2. The molecule has 1 aromatic heterocycles. The molecule has 5 nitrogen and oxygen atoms in total. The van der Waals surface area contributed by atoms with Crippen molar-refractivity contribution in [1.29, 1.82) is 0 Å². The Bertz CT molecular complexity index is 611. The zero-order chi connectivity index (χ0) is 13.2. The van der Waals surface area contributed by atoms with Crippen molar-refractivity contribution >= 4 is 22.4 Å². The Balaban J connectivity index is 1.66. The quantitative estimate of drug-likeness (QED) is 0.848. The van der Waals surface area contributed by atoms with Crippen molar-refractivity contribution in [2.24, 2.45) is 0 Å². The molecular formula is C12H13ClN4OS. The Morgan fingerprint density at radius 3 is 2.95 bits per heavy atom. The summed E-state index contributed by atoms with van der Waals surface area (Å²) in [5.41, 5.74) is 0.969. The monoisotopic (exact) mass is 296 g/mol. The number of rotatable bonds is 5. The molecule has 7 heteroatoms. The van der Waals surface area contributed by atoms with E-state index in [9.17, 15) is 4.21 Å². The van der Waals surface area contributed by atoms with E-state index in [0.717, 1.165) is 18.4 Å². The zero-order valence-corrected chi connectivity index (χ0v) is 11.8. The Hall–Kier alpha value is -1.27. The lowest BCUT2D eigenvalue weighted by molar-refractivity contribution is 0.591. The fourth-order valence-corrected chi connectivity index (χ4v) is 3.26. The highest BCUT2D eigenvalue weighted by atomic mass is 35.5. The summed E-state index contributed by atoms with van der Waals surface area (Å²) in [7, 11) is -1.03. The fraction of sp³-hybridized carbons (Fsp3) is 0.417. The van der Waals surface area contributed by atoms with Crippen molar-refractivity contribution in [3.8, 4) is 0 Å². The van der Waals surface area contributed by atoms with E-state index in [1.54, 1.807) is 4.68 Å². The molecule has 0 aliphatic heterocycles. The normalized spacial score (nSPS) is 16.5. The molecule has 1 aliphatic carbocycles. The largest absolute Gasteiger partial charge is 0.259 e. The van der Waals surface area contributed by atoms with Gasteiger partial charge in [-0.2, -0.15) is 0 Å². The minimum Gasteiger partial charge on any atom is -0.259 e. The third kappa shape index (κ3) is 3.19. The Kier molecular flexibility index (Phi) is 3.61. The Labute approximate surface area is 118 Å². The first kappa shape index (κ1) is 12.7. The van der Waals surface area contributed by atoms with Crippen molar-refractivity contribution in [3.05, 3.63) is 40.7 Å². The Morgan fingerprint density at radius 2 is 2.21 bits per heavy atom. The van der Waals surface area contributed by atoms with Gasteiger partial charge < -0.3 is 0 Å². The molecular weight excluding hydrogens is 284 g/mol. The van der Waals surface area contributed by atoms with Crippen LogP contribution < -0.4 is 0 Å². The topological polar surface area (TPSA) is 60.7 Å². The van der Waals surface area contributed by atoms with Gasteiger partial charge in [-0.25, -0.2) is 4.68 Å². The van der Waals surface area contributed by atoms with Crippen LogP contribution in [-0.4, -0.2) is 24.4 Å². The molecule has 1 heterocycles. The second-order valence-electron chi connectivity index (χ2n) is 4.63. The van der Waals surface area contributed by atoms with E-state index in [1.165, 1.54) is 0 Å². The number of halogens is 1. The average Bonchev–Trinajstić information content (AvgIpc) is 3.10. The van der Waals surface area contributed by atoms with E-state index < -0.39 is 10.8 Å². The molecule has 1 aromatic carbocycles. The van der Waals surface area contributed by atoms with Crippen LogP contribution in [0.1, 0.15) is 30.3 Å². The van der Waals surface area contributed by atoms with Crippen LogP contribution in [0.4, 0.5) is 0 Å². The van der Waals surface area contributed by atoms with Gasteiger partial charge in [0.2, 0.25) is 0 Å². The van der Waals surface area contributed by atoms with Crippen LogP contribution in [0.15, 0.2) is 24.3 Å². The highest BCUT2D eigenvalue weighted by molar-refractivity contribution is 7.83. The predicted molar refractivity (Wildman–Crippen MR) is 73.1 cm³/mol. The molecule has 0 unspecified atom stereocenters. The summed E-state index contributed by atoms with van der Waals surface area (Å²) in [6.45, 7) is 0. The van der Waals surface area contributed by atoms with Crippen LogP contribution in [0.2, 0.25) is 5.02 Å². The summed E-state index contributed by atoms with van der Waals surface area (Å²) in [6, 6.07) is 7.84. The Morgan fingerprint density at radius 1 is 1.37 bits per heavy atom. The number of aromatic nitrogens is 4. The standard InChI is InChI=1S/C12H13ClN4OS/c13-10-3-1-2-9(6-10)7-19(18)8-12-14-15-16-17(12)11-4-5-11/h1-3,6,11H,4-5,7-8H2/t19-/m0/s1. The second kappa shape index (κ2) is 5.38. The summed E-state index contributed by atoms with van der Waals surface area (Å²) in [5.74, 6) is 1.57. The van der Waals surface area contributed by atoms with E-state index in [-0.39, 0.29) is 0 Å². The van der Waals surface area contributed by atoms with Crippen LogP contribution in [0.3, 0.4) is 0 Å². The number of hydrogen-bond donors (Lipinski definition) is 0. The summed E-state index contributed by atoms with van der Waals surface area (Å²) >= 11 is 5.91. The van der Waals surface area contributed by atoms with E-state index in [0.29, 0.717) is 28.4 Å². The molecule has 1 aliphatic rings. The van der Waals surface area contributed by atoms with Gasteiger partial charge in [-0.05, 0) is 41.0 Å². The van der Waals surface area contributed by atoms with Crippen molar-refractivity contribution in [1.82, 2.24) is 20.2 Å². The zero-order valence-electron chi connectivity index (χ0n) is 10.2. The molecule has 0 N–H and O–H groups in total. The van der Waals surface area contributed by atoms with Gasteiger partial charge in [0.25, 0.3) is 0 Å². The number of nitrogens with zero attached hydrogens (tertiary/aromatic N) is 4. The highest BCUT2D eigenvalue weighted by Gasteiger charge is 2.28. The van der Waals surface area contributed by atoms with Crippen LogP contribution in [-0.2, 0) is 22.3 Å². The van der Waals surface area contributed by atoms with Gasteiger partial charge >= 0.3 is 0 Å². The van der Waals surface area contributed by atoms with E-state index in [4.69, 9.17) is 11.6 Å². The van der Waals surface area contributed by atoms with Crippen molar-refractivity contribution in [2.45, 2.75) is 30.4 Å². The summed E-state index contributed by atoms with van der Waals surface area (Å²) in [4.78, 5) is 0. The van der Waals surface area contributed by atoms with Gasteiger partial charge in [-0.3, -0.25) is 4.21 Å². The first-order chi connectivity index (χ1) is 9.22. The minimum atomic E-state index is -1.03. The van der Waals surface area contributed by atoms with Crippen LogP contribution in [0.5, 0.6) is 0 Å². The highest BCUT2D eigenvalue weighted by Crippen LogP contribution is 2.34. The van der Waals surface area contributed by atoms with Gasteiger partial charge in [0.1, 0.15) is 0 Å². The molecule has 0 saturated heterocycles. The number of hydrogen-bond acceptors (Lipinski definition) is 4. The molecule has 0 radical (unpaired) electrons. The third-order valence-corrected chi connectivity index (χ3v) is 4.43. The lowest BCUT2D eigenvalue weighted by Gasteiger charge is -2.04. The van der Waals surface area contributed by atoms with E-state index in [2.05, 4.69) is 15.5 Å². The maximum absolute atomic E-state index is 12.1. The van der Waals surface area contributed by atoms with Crippen molar-refractivity contribution < 1.29 is 4.21 Å². The molecule has 3 rings (SSSR count). The molecule has 0 amide bonds. The first-order valence-corrected chi connectivity index (χ1v) is 7.95. The predicted octanol–water partition coefficient (Wildman–Crippen LogP) is 2.11. The molecule has 1 atom stereocenters. The SMILES string of the molecule is O=[S@@](Cc1cccc(Cl)c1)Cc1nnnn1C1CC1. The maximum atomic E-state index is 12.1. The lowest BCUT2D eigenvalue weighted by Crippen LogP contribution is -2.08. The first-order valence-electron chi connectivity index (χ1n) is 6.08. The number of benzene rings is 1. The molecule has 2 aromatic rings. The fourth-order valence-electron chi connectivity index (χ4n) is 1.92. The molecule has 0 bridgehead atoms. The minimum absolute atomic E-state index is 0.385. The summed E-state index contributed by atoms with van der Waals surface area (Å²) < 4.78 is 13.9. The molecule has 1 saturated carbocycles.